The molecule has 0 spiro atoms. The summed E-state index contributed by atoms with van der Waals surface area (Å²) in [5.41, 5.74) is 5.09. The number of anilines is 1. The summed E-state index contributed by atoms with van der Waals surface area (Å²) in [6.45, 7) is 2.07. The van der Waals surface area contributed by atoms with Gasteiger partial charge in [0.05, 0.1) is 12.0 Å². The fraction of sp³-hybridized carbons (Fsp3) is 0.500. The van der Waals surface area contributed by atoms with Crippen molar-refractivity contribution in [3.05, 3.63) is 11.0 Å². The highest BCUT2D eigenvalue weighted by molar-refractivity contribution is 7.16. The second-order valence-electron chi connectivity index (χ2n) is 4.15. The SMILES string of the molecule is COc1nc(N2CCCCC2)sc1/C=C/C(N)=O. The summed E-state index contributed by atoms with van der Waals surface area (Å²) in [6.07, 6.45) is 6.68. The molecule has 0 aliphatic carbocycles. The minimum absolute atomic E-state index is 0.468. The van der Waals surface area contributed by atoms with Gasteiger partial charge in [-0.05, 0) is 25.3 Å². The Bertz CT molecular complexity index is 450. The second kappa shape index (κ2) is 5.86. The van der Waals surface area contributed by atoms with E-state index in [4.69, 9.17) is 10.5 Å². The van der Waals surface area contributed by atoms with Crippen molar-refractivity contribution in [1.29, 1.82) is 0 Å². The van der Waals surface area contributed by atoms with E-state index in [0.29, 0.717) is 5.88 Å². The molecule has 0 unspecified atom stereocenters. The standard InChI is InChI=1S/C12H17N3O2S/c1-17-11-9(5-6-10(13)16)18-12(14-11)15-7-3-2-4-8-15/h5-6H,2-4,7-8H2,1H3,(H2,13,16)/b6-5+. The van der Waals surface area contributed by atoms with Crippen molar-refractivity contribution < 1.29 is 9.53 Å². The fourth-order valence-electron chi connectivity index (χ4n) is 1.94. The molecular formula is C12H17N3O2S. The van der Waals surface area contributed by atoms with Gasteiger partial charge in [-0.15, -0.1) is 0 Å². The van der Waals surface area contributed by atoms with Crippen molar-refractivity contribution in [1.82, 2.24) is 4.98 Å². The van der Waals surface area contributed by atoms with Gasteiger partial charge in [0.1, 0.15) is 0 Å². The summed E-state index contributed by atoms with van der Waals surface area (Å²) in [5.74, 6) is 0.0862. The number of carbonyl (C=O) groups excluding carboxylic acids is 1. The second-order valence-corrected chi connectivity index (χ2v) is 5.16. The molecule has 0 saturated carbocycles. The molecule has 2 heterocycles. The van der Waals surface area contributed by atoms with E-state index in [0.717, 1.165) is 23.1 Å². The number of primary amides is 1. The Labute approximate surface area is 110 Å². The van der Waals surface area contributed by atoms with Gasteiger partial charge in [0.2, 0.25) is 11.8 Å². The number of amides is 1. The van der Waals surface area contributed by atoms with Gasteiger partial charge in [0.15, 0.2) is 5.13 Å². The zero-order chi connectivity index (χ0) is 13.0. The molecule has 2 N–H and O–H groups in total. The Balaban J connectivity index is 2.19. The highest BCUT2D eigenvalue weighted by Crippen LogP contribution is 2.33. The van der Waals surface area contributed by atoms with Gasteiger partial charge in [-0.3, -0.25) is 4.79 Å². The number of methoxy groups -OCH3 is 1. The third-order valence-corrected chi connectivity index (χ3v) is 3.89. The lowest BCUT2D eigenvalue weighted by molar-refractivity contribution is -0.113. The minimum atomic E-state index is -0.468. The molecule has 1 fully saturated rings. The van der Waals surface area contributed by atoms with Crippen molar-refractivity contribution in [3.8, 4) is 5.88 Å². The highest BCUT2D eigenvalue weighted by atomic mass is 32.1. The van der Waals surface area contributed by atoms with Crippen molar-refractivity contribution in [2.24, 2.45) is 5.73 Å². The maximum Gasteiger partial charge on any atom is 0.241 e. The van der Waals surface area contributed by atoms with Crippen LogP contribution in [0, 0.1) is 0 Å². The Morgan fingerprint density at radius 3 is 2.78 bits per heavy atom. The topological polar surface area (TPSA) is 68.4 Å². The largest absolute Gasteiger partial charge is 0.480 e. The van der Waals surface area contributed by atoms with Crippen LogP contribution in [0.5, 0.6) is 5.88 Å². The average molecular weight is 267 g/mol. The Morgan fingerprint density at radius 1 is 1.44 bits per heavy atom. The van der Waals surface area contributed by atoms with Crippen LogP contribution < -0.4 is 15.4 Å². The van der Waals surface area contributed by atoms with Crippen LogP contribution in [0.3, 0.4) is 0 Å². The summed E-state index contributed by atoms with van der Waals surface area (Å²) in [6, 6.07) is 0. The molecule has 5 nitrogen and oxygen atoms in total. The molecule has 0 aromatic carbocycles. The number of aromatic nitrogens is 1. The predicted molar refractivity (Wildman–Crippen MR) is 73.0 cm³/mol. The molecule has 18 heavy (non-hydrogen) atoms. The van der Waals surface area contributed by atoms with Crippen LogP contribution in [-0.4, -0.2) is 31.1 Å². The van der Waals surface area contributed by atoms with Crippen molar-refractivity contribution >= 4 is 28.5 Å². The van der Waals surface area contributed by atoms with Crippen LogP contribution in [0.2, 0.25) is 0 Å². The average Bonchev–Trinajstić information content (AvgIpc) is 2.80. The third-order valence-electron chi connectivity index (χ3n) is 2.83. The first-order valence-corrected chi connectivity index (χ1v) is 6.79. The minimum Gasteiger partial charge on any atom is -0.480 e. The molecule has 98 valence electrons. The Hall–Kier alpha value is -1.56. The number of nitrogens with zero attached hydrogens (tertiary/aromatic N) is 2. The van der Waals surface area contributed by atoms with E-state index in [-0.39, 0.29) is 0 Å². The van der Waals surface area contributed by atoms with E-state index in [1.165, 1.54) is 36.7 Å². The molecule has 1 aromatic rings. The normalized spacial score (nSPS) is 16.2. The number of piperidine rings is 1. The number of thiazole rings is 1. The molecule has 6 heteroatoms. The molecule has 1 aliphatic rings. The first-order valence-electron chi connectivity index (χ1n) is 5.98. The molecule has 0 atom stereocenters. The van der Waals surface area contributed by atoms with Crippen molar-refractivity contribution in [2.75, 3.05) is 25.1 Å². The van der Waals surface area contributed by atoms with E-state index >= 15 is 0 Å². The first kappa shape index (κ1) is 12.9. The predicted octanol–water partition coefficient (Wildman–Crippen LogP) is 1.64. The molecule has 1 amide bonds. The van der Waals surface area contributed by atoms with Crippen molar-refractivity contribution in [2.45, 2.75) is 19.3 Å². The summed E-state index contributed by atoms with van der Waals surface area (Å²) < 4.78 is 5.22. The van der Waals surface area contributed by atoms with E-state index in [2.05, 4.69) is 9.88 Å². The maximum atomic E-state index is 10.7. The summed E-state index contributed by atoms with van der Waals surface area (Å²) in [7, 11) is 1.58. The fourth-order valence-corrected chi connectivity index (χ4v) is 2.93. The van der Waals surface area contributed by atoms with Crippen LogP contribution in [0.15, 0.2) is 6.08 Å². The monoisotopic (exact) mass is 267 g/mol. The van der Waals surface area contributed by atoms with Gasteiger partial charge in [0, 0.05) is 19.2 Å². The van der Waals surface area contributed by atoms with Gasteiger partial charge >= 0.3 is 0 Å². The van der Waals surface area contributed by atoms with Crippen molar-refractivity contribution in [3.63, 3.8) is 0 Å². The summed E-state index contributed by atoms with van der Waals surface area (Å²) in [5, 5.41) is 0.954. The summed E-state index contributed by atoms with van der Waals surface area (Å²) in [4.78, 5) is 18.3. The van der Waals surface area contributed by atoms with Gasteiger partial charge in [-0.1, -0.05) is 11.3 Å². The molecule has 0 bridgehead atoms. The number of hydrogen-bond donors (Lipinski definition) is 1. The molecule has 1 aromatic heterocycles. The van der Waals surface area contributed by atoms with Crippen LogP contribution in [0.4, 0.5) is 5.13 Å². The van der Waals surface area contributed by atoms with Crippen LogP contribution in [0.25, 0.3) is 6.08 Å². The molecule has 1 aliphatic heterocycles. The zero-order valence-electron chi connectivity index (χ0n) is 10.4. The van der Waals surface area contributed by atoms with E-state index in [1.54, 1.807) is 13.2 Å². The zero-order valence-corrected chi connectivity index (χ0v) is 11.2. The number of nitrogens with two attached hydrogens (primary N) is 1. The van der Waals surface area contributed by atoms with E-state index < -0.39 is 5.91 Å². The van der Waals surface area contributed by atoms with Gasteiger partial charge < -0.3 is 15.4 Å². The summed E-state index contributed by atoms with van der Waals surface area (Å²) >= 11 is 1.53. The quantitative estimate of drug-likeness (QED) is 0.842. The van der Waals surface area contributed by atoms with E-state index in [9.17, 15) is 4.79 Å². The number of rotatable bonds is 4. The molecule has 2 rings (SSSR count). The smallest absolute Gasteiger partial charge is 0.241 e. The maximum absolute atomic E-state index is 10.7. The van der Waals surface area contributed by atoms with Gasteiger partial charge in [-0.25, -0.2) is 0 Å². The lowest BCUT2D eigenvalue weighted by Crippen LogP contribution is -2.29. The van der Waals surface area contributed by atoms with E-state index in [1.807, 2.05) is 0 Å². The van der Waals surface area contributed by atoms with Crippen LogP contribution in [0.1, 0.15) is 24.1 Å². The molecular weight excluding hydrogens is 250 g/mol. The number of carbonyl (C=O) groups is 1. The Morgan fingerprint density at radius 2 is 2.17 bits per heavy atom. The lowest BCUT2D eigenvalue weighted by Gasteiger charge is -2.25. The molecule has 0 radical (unpaired) electrons. The third kappa shape index (κ3) is 3.01. The number of ether oxygens (including phenoxy) is 1. The van der Waals surface area contributed by atoms with Gasteiger partial charge in [-0.2, -0.15) is 4.98 Å². The van der Waals surface area contributed by atoms with Crippen LogP contribution >= 0.6 is 11.3 Å². The van der Waals surface area contributed by atoms with Crippen LogP contribution in [-0.2, 0) is 4.79 Å². The number of hydrogen-bond acceptors (Lipinski definition) is 5. The van der Waals surface area contributed by atoms with Gasteiger partial charge in [0.25, 0.3) is 0 Å². The highest BCUT2D eigenvalue weighted by Gasteiger charge is 2.17. The first-order chi connectivity index (χ1) is 8.70. The lowest BCUT2D eigenvalue weighted by atomic mass is 10.1. The molecule has 1 saturated heterocycles. The Kier molecular flexibility index (Phi) is 4.19.